The van der Waals surface area contributed by atoms with Crippen LogP contribution >= 0.6 is 21.6 Å². The molecule has 3 aromatic carbocycles. The molecule has 0 saturated carbocycles. The average molecular weight is 1140 g/mol. The number of carbonyl (C=O) groups excluding carboxylic acids is 11. The molecule has 28 heteroatoms. The summed E-state index contributed by atoms with van der Waals surface area (Å²) in [4.78, 5) is 156. The first kappa shape index (κ1) is 62.6. The number of amides is 11. The number of aliphatic imine (C=N–C) groups is 1. The molecule has 2 aliphatic heterocycles. The predicted molar refractivity (Wildman–Crippen MR) is 298 cm³/mol. The van der Waals surface area contributed by atoms with Gasteiger partial charge in [-0.15, -0.1) is 0 Å². The van der Waals surface area contributed by atoms with Gasteiger partial charge in [-0.1, -0.05) is 113 Å². The van der Waals surface area contributed by atoms with E-state index in [0.717, 1.165) is 21.6 Å². The van der Waals surface area contributed by atoms with Gasteiger partial charge in [0.2, 0.25) is 65.0 Å². The number of carbonyl (C=O) groups is 11. The molecule has 2 saturated heterocycles. The van der Waals surface area contributed by atoms with Gasteiger partial charge in [-0.25, -0.2) is 0 Å². The van der Waals surface area contributed by atoms with Crippen molar-refractivity contribution in [3.63, 3.8) is 0 Å². The molecule has 0 radical (unpaired) electrons. The molecule has 11 amide bonds. The maximum Gasteiger partial charge on any atom is 0.246 e. The molecule has 0 spiro atoms. The quantitative estimate of drug-likeness (QED) is 0.0226. The minimum Gasteiger partial charge on any atom is -0.370 e. The van der Waals surface area contributed by atoms with Crippen LogP contribution in [0.1, 0.15) is 67.6 Å². The monoisotopic (exact) mass is 1140 g/mol. The van der Waals surface area contributed by atoms with Crippen LogP contribution in [0.15, 0.2) is 96.0 Å². The summed E-state index contributed by atoms with van der Waals surface area (Å²) >= 11 is 0. The van der Waals surface area contributed by atoms with Gasteiger partial charge in [0.15, 0.2) is 5.96 Å². The number of nitrogens with zero attached hydrogens (tertiary/aromatic N) is 2. The van der Waals surface area contributed by atoms with Crippen LogP contribution in [0.25, 0.3) is 0 Å². The summed E-state index contributed by atoms with van der Waals surface area (Å²) in [5, 5.41) is 18.2. The Morgan fingerprint density at radius 2 is 1.24 bits per heavy atom. The Morgan fingerprint density at radius 3 is 1.84 bits per heavy atom. The van der Waals surface area contributed by atoms with E-state index in [4.69, 9.17) is 34.4 Å². The zero-order valence-electron chi connectivity index (χ0n) is 43.7. The number of rotatable bonds is 20. The molecule has 8 atom stereocenters. The van der Waals surface area contributed by atoms with E-state index in [1.54, 1.807) is 91.0 Å². The molecule has 0 aromatic heterocycles. The molecule has 0 unspecified atom stereocenters. The summed E-state index contributed by atoms with van der Waals surface area (Å²) < 4.78 is 0. The van der Waals surface area contributed by atoms with Crippen molar-refractivity contribution in [2.75, 3.05) is 31.1 Å². The van der Waals surface area contributed by atoms with Crippen molar-refractivity contribution in [2.24, 2.45) is 39.4 Å². The normalized spacial score (nSPS) is 21.9. The molecule has 2 aliphatic rings. The van der Waals surface area contributed by atoms with Crippen LogP contribution in [0.4, 0.5) is 0 Å². The highest BCUT2D eigenvalue weighted by Gasteiger charge is 2.41. The van der Waals surface area contributed by atoms with Gasteiger partial charge in [-0.2, -0.15) is 0 Å². The number of likely N-dealkylation sites (tertiary alicyclic amines) is 1. The SMILES string of the molecule is NC(=O)CC[C@@H]1NC(=O)[C@H](Cc2ccccc2)NC(=O)[C@H](C(c2ccccc2)c2ccccc2)NC(=O)[C@@H](N)CSSC[C@@H](C(=O)N2CCC[C@H]2C(=O)N[C@H](CCCN=C(N)N)C(=O)NCC(N)=O)NC(=O)[C@H](CC(N)=O)NC1=O. The minimum absolute atomic E-state index is 0.00326. The van der Waals surface area contributed by atoms with Gasteiger partial charge >= 0.3 is 0 Å². The van der Waals surface area contributed by atoms with E-state index < -0.39 is 145 Å². The van der Waals surface area contributed by atoms with Crippen molar-refractivity contribution in [3.05, 3.63) is 108 Å². The lowest BCUT2D eigenvalue weighted by Gasteiger charge is -2.32. The average Bonchev–Trinajstić information content (AvgIpc) is 3.95. The molecule has 430 valence electrons. The largest absolute Gasteiger partial charge is 0.370 e. The number of guanidine groups is 1. The molecular weight excluding hydrogens is 1070 g/mol. The Kier molecular flexibility index (Phi) is 24.6. The van der Waals surface area contributed by atoms with Crippen molar-refractivity contribution in [3.8, 4) is 0 Å². The number of hydrogen-bond donors (Lipinski definition) is 13. The zero-order chi connectivity index (χ0) is 58.3. The van der Waals surface area contributed by atoms with E-state index in [1.807, 2.05) is 0 Å². The van der Waals surface area contributed by atoms with Gasteiger partial charge in [0, 0.05) is 43.4 Å². The summed E-state index contributed by atoms with van der Waals surface area (Å²) in [5.74, 6) is -11.2. The first-order chi connectivity index (χ1) is 38.2. The molecule has 2 fully saturated rings. The summed E-state index contributed by atoms with van der Waals surface area (Å²) in [6.07, 6.45) is -1.22. The predicted octanol–water partition coefficient (Wildman–Crippen LogP) is -3.52. The van der Waals surface area contributed by atoms with E-state index in [2.05, 4.69) is 42.2 Å². The smallest absolute Gasteiger partial charge is 0.246 e. The number of benzene rings is 3. The molecule has 26 nitrogen and oxygen atoms in total. The molecule has 3 aromatic rings. The third kappa shape index (κ3) is 19.6. The Hall–Kier alpha value is -8.24. The Morgan fingerprint density at radius 1 is 0.662 bits per heavy atom. The maximum atomic E-state index is 15.0. The van der Waals surface area contributed by atoms with Gasteiger partial charge in [0.05, 0.1) is 19.0 Å². The molecule has 19 N–H and O–H groups in total. The highest BCUT2D eigenvalue weighted by Crippen LogP contribution is 2.30. The summed E-state index contributed by atoms with van der Waals surface area (Å²) in [6.45, 7) is -0.436. The standard InChI is InChI=1S/C52H69N15O11S2/c53-32-27-79-80-28-37(51(78)67-23-11-19-38(67)49(76)62-33(18-10-22-59-52(57)58)45(72)60-26-41(56)70)65-48(75)36(25-40(55)69)63-46(73)34(20-21-39(54)68)61-47(74)35(24-29-12-4-1-5-13-29)64-50(77)43(66-44(32)71)42(30-14-6-2-7-15-30)31-16-8-3-9-17-31/h1-9,12-17,32-38,42-43H,10-11,18-28,53H2,(H2,54,68)(H2,55,69)(H2,56,70)(H,60,72)(H,61,74)(H,62,76)(H,63,73)(H,64,77)(H,65,75)(H,66,71)(H4,57,58,59)/t32-,33+,34-,35-,36-,37-,38-,43-/m0/s1. The minimum atomic E-state index is -1.80. The maximum absolute atomic E-state index is 15.0. The molecular formula is C52H69N15O11S2. The van der Waals surface area contributed by atoms with Crippen molar-refractivity contribution < 1.29 is 52.7 Å². The van der Waals surface area contributed by atoms with Crippen molar-refractivity contribution in [1.29, 1.82) is 0 Å². The van der Waals surface area contributed by atoms with Crippen molar-refractivity contribution >= 4 is 92.5 Å². The molecule has 0 bridgehead atoms. The van der Waals surface area contributed by atoms with E-state index in [0.29, 0.717) is 23.1 Å². The highest BCUT2D eigenvalue weighted by atomic mass is 33.1. The van der Waals surface area contributed by atoms with Crippen LogP contribution in [0.3, 0.4) is 0 Å². The van der Waals surface area contributed by atoms with Crippen molar-refractivity contribution in [2.45, 2.75) is 106 Å². The number of hydrogen-bond acceptors (Lipinski definition) is 15. The fourth-order valence-corrected chi connectivity index (χ4v) is 11.2. The van der Waals surface area contributed by atoms with Crippen LogP contribution in [-0.4, -0.2) is 155 Å². The lowest BCUT2D eigenvalue weighted by atomic mass is 9.84. The molecule has 5 rings (SSSR count). The van der Waals surface area contributed by atoms with Crippen LogP contribution in [0.2, 0.25) is 0 Å². The van der Waals surface area contributed by atoms with Gasteiger partial charge < -0.3 is 76.5 Å². The second-order valence-electron chi connectivity index (χ2n) is 19.0. The fourth-order valence-electron chi connectivity index (χ4n) is 8.89. The van der Waals surface area contributed by atoms with Gasteiger partial charge in [-0.05, 0) is 48.8 Å². The number of nitrogens with two attached hydrogens (primary N) is 6. The molecule has 2 heterocycles. The number of primary amides is 3. The Labute approximate surface area is 469 Å². The van der Waals surface area contributed by atoms with Gasteiger partial charge in [0.25, 0.3) is 0 Å². The van der Waals surface area contributed by atoms with E-state index in [-0.39, 0.29) is 56.2 Å². The molecule has 0 aliphatic carbocycles. The van der Waals surface area contributed by atoms with Crippen LogP contribution in [0.5, 0.6) is 0 Å². The van der Waals surface area contributed by atoms with E-state index >= 15 is 4.79 Å². The van der Waals surface area contributed by atoms with Gasteiger partial charge in [-0.3, -0.25) is 57.7 Å². The molecule has 80 heavy (non-hydrogen) atoms. The van der Waals surface area contributed by atoms with Crippen LogP contribution < -0.4 is 71.6 Å². The second kappa shape index (κ2) is 31.4. The fraction of sp³-hybridized carbons (Fsp3) is 0.423. The van der Waals surface area contributed by atoms with Crippen molar-refractivity contribution in [1.82, 2.24) is 42.1 Å². The summed E-state index contributed by atoms with van der Waals surface area (Å²) in [6, 6.07) is 14.7. The third-order valence-electron chi connectivity index (χ3n) is 12.9. The van der Waals surface area contributed by atoms with E-state index in [9.17, 15) is 47.9 Å². The first-order valence-electron chi connectivity index (χ1n) is 25.7. The Balaban J connectivity index is 1.53. The highest BCUT2D eigenvalue weighted by molar-refractivity contribution is 8.76. The third-order valence-corrected chi connectivity index (χ3v) is 15.3. The zero-order valence-corrected chi connectivity index (χ0v) is 45.3. The first-order valence-corrected chi connectivity index (χ1v) is 28.2. The Bertz CT molecular complexity index is 2670. The summed E-state index contributed by atoms with van der Waals surface area (Å²) in [7, 11) is 2.04. The lowest BCUT2D eigenvalue weighted by Crippen LogP contribution is -2.61. The lowest BCUT2D eigenvalue weighted by molar-refractivity contribution is -0.142. The summed E-state index contributed by atoms with van der Waals surface area (Å²) in [5.41, 5.74) is 35.5. The van der Waals surface area contributed by atoms with E-state index in [1.165, 1.54) is 4.90 Å². The topological polar surface area (TPSA) is 444 Å². The van der Waals surface area contributed by atoms with Crippen LogP contribution in [-0.2, 0) is 59.2 Å². The number of nitrogens with one attached hydrogen (secondary N) is 7. The van der Waals surface area contributed by atoms with Crippen LogP contribution in [0, 0.1) is 0 Å². The second-order valence-corrected chi connectivity index (χ2v) is 21.5. The van der Waals surface area contributed by atoms with Gasteiger partial charge in [0.1, 0.15) is 42.3 Å².